The topological polar surface area (TPSA) is 100 Å². The standard InChI is InChI=1S/C15H31N3O5/c1-3-22-12-13-23-11-7-17-15(21)5-9-18(2)8-4-14(20)16-6-10-19/h19H,3-13H2,1-2H3,(H,16,20)(H,17,21). The number of carbonyl (C=O) groups is 2. The first-order valence-electron chi connectivity index (χ1n) is 8.08. The van der Waals surface area contributed by atoms with Crippen LogP contribution in [0.25, 0.3) is 0 Å². The Kier molecular flexibility index (Phi) is 14.8. The molecule has 0 radical (unpaired) electrons. The van der Waals surface area contributed by atoms with Gasteiger partial charge >= 0.3 is 0 Å². The van der Waals surface area contributed by atoms with Crippen molar-refractivity contribution in [2.24, 2.45) is 0 Å². The van der Waals surface area contributed by atoms with Crippen LogP contribution in [0.3, 0.4) is 0 Å². The molecule has 0 heterocycles. The number of carbonyl (C=O) groups excluding carboxylic acids is 2. The van der Waals surface area contributed by atoms with Gasteiger partial charge in [-0.1, -0.05) is 0 Å². The van der Waals surface area contributed by atoms with Crippen LogP contribution in [-0.2, 0) is 19.1 Å². The number of hydrogen-bond donors (Lipinski definition) is 3. The maximum absolute atomic E-state index is 11.6. The van der Waals surface area contributed by atoms with Gasteiger partial charge in [0.1, 0.15) is 0 Å². The maximum Gasteiger partial charge on any atom is 0.221 e. The van der Waals surface area contributed by atoms with Crippen molar-refractivity contribution in [1.82, 2.24) is 15.5 Å². The Morgan fingerprint density at radius 3 is 2.09 bits per heavy atom. The number of hydrogen-bond acceptors (Lipinski definition) is 6. The van der Waals surface area contributed by atoms with Crippen LogP contribution in [0.1, 0.15) is 19.8 Å². The lowest BCUT2D eigenvalue weighted by atomic mass is 10.3. The van der Waals surface area contributed by atoms with Crippen molar-refractivity contribution >= 4 is 11.8 Å². The Labute approximate surface area is 138 Å². The van der Waals surface area contributed by atoms with Crippen LogP contribution >= 0.6 is 0 Å². The third-order valence-corrected chi connectivity index (χ3v) is 3.02. The number of amides is 2. The molecule has 3 N–H and O–H groups in total. The van der Waals surface area contributed by atoms with E-state index < -0.39 is 0 Å². The van der Waals surface area contributed by atoms with E-state index in [4.69, 9.17) is 14.6 Å². The van der Waals surface area contributed by atoms with Gasteiger partial charge in [0.05, 0.1) is 26.4 Å². The van der Waals surface area contributed by atoms with Crippen molar-refractivity contribution in [3.63, 3.8) is 0 Å². The zero-order valence-electron chi connectivity index (χ0n) is 14.3. The summed E-state index contributed by atoms with van der Waals surface area (Å²) in [6, 6.07) is 0. The van der Waals surface area contributed by atoms with Gasteiger partial charge in [0.2, 0.25) is 11.8 Å². The van der Waals surface area contributed by atoms with Gasteiger partial charge in [-0.25, -0.2) is 0 Å². The number of ether oxygens (including phenoxy) is 2. The Morgan fingerprint density at radius 2 is 1.52 bits per heavy atom. The van der Waals surface area contributed by atoms with Crippen molar-refractivity contribution < 1.29 is 24.2 Å². The highest BCUT2D eigenvalue weighted by Gasteiger charge is 2.06. The quantitative estimate of drug-likeness (QED) is 0.332. The lowest BCUT2D eigenvalue weighted by Gasteiger charge is -2.16. The average molecular weight is 333 g/mol. The van der Waals surface area contributed by atoms with Crippen molar-refractivity contribution in [2.45, 2.75) is 19.8 Å². The molecule has 0 aliphatic rings. The van der Waals surface area contributed by atoms with Crippen molar-refractivity contribution in [3.05, 3.63) is 0 Å². The molecule has 0 rings (SSSR count). The summed E-state index contributed by atoms with van der Waals surface area (Å²) in [7, 11) is 1.86. The summed E-state index contributed by atoms with van der Waals surface area (Å²) in [6.07, 6.45) is 0.736. The molecule has 0 aliphatic carbocycles. The summed E-state index contributed by atoms with van der Waals surface area (Å²) in [5, 5.41) is 14.0. The van der Waals surface area contributed by atoms with Crippen LogP contribution in [0.5, 0.6) is 0 Å². The van der Waals surface area contributed by atoms with Gasteiger partial charge in [0, 0.05) is 45.6 Å². The summed E-state index contributed by atoms with van der Waals surface area (Å²) >= 11 is 0. The molecule has 0 spiro atoms. The van der Waals surface area contributed by atoms with Crippen molar-refractivity contribution in [3.8, 4) is 0 Å². The molecule has 0 fully saturated rings. The van der Waals surface area contributed by atoms with Gasteiger partial charge in [0.25, 0.3) is 0 Å². The van der Waals surface area contributed by atoms with Crippen LogP contribution < -0.4 is 10.6 Å². The number of rotatable bonds is 15. The predicted octanol–water partition coefficient (Wildman–Crippen LogP) is -1.02. The first kappa shape index (κ1) is 21.8. The molecule has 0 aromatic rings. The van der Waals surface area contributed by atoms with Crippen LogP contribution in [0.4, 0.5) is 0 Å². The fraction of sp³-hybridized carbons (Fsp3) is 0.867. The molecular weight excluding hydrogens is 302 g/mol. The SMILES string of the molecule is CCOCCOCCNC(=O)CCN(C)CCC(=O)NCCO. The number of nitrogens with zero attached hydrogens (tertiary/aromatic N) is 1. The second-order valence-electron chi connectivity index (χ2n) is 5.04. The third kappa shape index (κ3) is 15.4. The van der Waals surface area contributed by atoms with Crippen LogP contribution in [-0.4, -0.2) is 88.1 Å². The highest BCUT2D eigenvalue weighted by Crippen LogP contribution is 1.91. The minimum atomic E-state index is -0.0976. The molecule has 0 saturated heterocycles. The van der Waals surface area contributed by atoms with Gasteiger partial charge < -0.3 is 30.1 Å². The van der Waals surface area contributed by atoms with Crippen molar-refractivity contribution in [2.75, 3.05) is 66.3 Å². The first-order valence-corrected chi connectivity index (χ1v) is 8.08. The molecule has 0 atom stereocenters. The summed E-state index contributed by atoms with van der Waals surface area (Å²) in [5.74, 6) is -0.130. The van der Waals surface area contributed by atoms with E-state index in [1.807, 2.05) is 18.9 Å². The highest BCUT2D eigenvalue weighted by molar-refractivity contribution is 5.76. The van der Waals surface area contributed by atoms with Crippen LogP contribution in [0.15, 0.2) is 0 Å². The summed E-state index contributed by atoms with van der Waals surface area (Å²) in [4.78, 5) is 24.9. The smallest absolute Gasteiger partial charge is 0.221 e. The van der Waals surface area contributed by atoms with Crippen molar-refractivity contribution in [1.29, 1.82) is 0 Å². The summed E-state index contributed by atoms with van der Waals surface area (Å²) < 4.78 is 10.4. The third-order valence-electron chi connectivity index (χ3n) is 3.02. The molecule has 23 heavy (non-hydrogen) atoms. The molecule has 136 valence electrons. The van der Waals surface area contributed by atoms with E-state index >= 15 is 0 Å². The zero-order valence-corrected chi connectivity index (χ0v) is 14.3. The van der Waals surface area contributed by atoms with Crippen LogP contribution in [0.2, 0.25) is 0 Å². The van der Waals surface area contributed by atoms with Gasteiger partial charge in [-0.2, -0.15) is 0 Å². The molecule has 0 bridgehead atoms. The Bertz CT molecular complexity index is 315. The summed E-state index contributed by atoms with van der Waals surface area (Å²) in [6.45, 7) is 6.05. The highest BCUT2D eigenvalue weighted by atomic mass is 16.5. The molecule has 0 aromatic carbocycles. The number of nitrogens with one attached hydrogen (secondary N) is 2. The molecule has 0 aromatic heterocycles. The Morgan fingerprint density at radius 1 is 0.957 bits per heavy atom. The van der Waals surface area contributed by atoms with E-state index in [-0.39, 0.29) is 25.0 Å². The lowest BCUT2D eigenvalue weighted by molar-refractivity contribution is -0.121. The van der Waals surface area contributed by atoms with E-state index in [1.54, 1.807) is 0 Å². The lowest BCUT2D eigenvalue weighted by Crippen LogP contribution is -2.33. The monoisotopic (exact) mass is 333 g/mol. The molecule has 8 heteroatoms. The predicted molar refractivity (Wildman–Crippen MR) is 87.1 cm³/mol. The fourth-order valence-electron chi connectivity index (χ4n) is 1.70. The molecule has 0 aliphatic heterocycles. The van der Waals surface area contributed by atoms with E-state index in [1.165, 1.54) is 0 Å². The molecule has 0 saturated carbocycles. The normalized spacial score (nSPS) is 10.8. The van der Waals surface area contributed by atoms with Gasteiger partial charge in [0.15, 0.2) is 0 Å². The number of aliphatic hydroxyl groups is 1. The zero-order chi connectivity index (χ0) is 17.3. The minimum Gasteiger partial charge on any atom is -0.395 e. The molecule has 8 nitrogen and oxygen atoms in total. The Hall–Kier alpha value is -1.22. The molecule has 2 amide bonds. The number of aliphatic hydroxyl groups excluding tert-OH is 1. The van der Waals surface area contributed by atoms with E-state index in [9.17, 15) is 9.59 Å². The van der Waals surface area contributed by atoms with Gasteiger partial charge in [-0.3, -0.25) is 9.59 Å². The largest absolute Gasteiger partial charge is 0.395 e. The minimum absolute atomic E-state index is 0.0324. The van der Waals surface area contributed by atoms with E-state index in [0.29, 0.717) is 58.9 Å². The maximum atomic E-state index is 11.6. The van der Waals surface area contributed by atoms with E-state index in [2.05, 4.69) is 10.6 Å². The second-order valence-corrected chi connectivity index (χ2v) is 5.04. The first-order chi connectivity index (χ1) is 11.1. The molecule has 0 unspecified atom stereocenters. The molecular formula is C15H31N3O5. The average Bonchev–Trinajstić information content (AvgIpc) is 2.55. The fourth-order valence-corrected chi connectivity index (χ4v) is 1.70. The summed E-state index contributed by atoms with van der Waals surface area (Å²) in [5.41, 5.74) is 0. The van der Waals surface area contributed by atoms with Crippen LogP contribution in [0, 0.1) is 0 Å². The van der Waals surface area contributed by atoms with Gasteiger partial charge in [-0.05, 0) is 14.0 Å². The van der Waals surface area contributed by atoms with E-state index in [0.717, 1.165) is 0 Å². The Balaban J connectivity index is 3.48. The van der Waals surface area contributed by atoms with Gasteiger partial charge in [-0.15, -0.1) is 0 Å². The second kappa shape index (κ2) is 15.7.